The lowest BCUT2D eigenvalue weighted by molar-refractivity contribution is -0.139. The number of hydrogen-bond acceptors (Lipinski definition) is 2. The van der Waals surface area contributed by atoms with Gasteiger partial charge in [-0.3, -0.25) is 0 Å². The van der Waals surface area contributed by atoms with Gasteiger partial charge >= 0.3 is 12.0 Å². The van der Waals surface area contributed by atoms with Gasteiger partial charge in [0, 0.05) is 5.54 Å². The van der Waals surface area contributed by atoms with Crippen molar-refractivity contribution >= 4 is 12.0 Å². The van der Waals surface area contributed by atoms with Crippen LogP contribution in [0.5, 0.6) is 0 Å². The molecule has 0 unspecified atom stereocenters. The first-order chi connectivity index (χ1) is 7.26. The van der Waals surface area contributed by atoms with Crippen LogP contribution in [0.15, 0.2) is 0 Å². The van der Waals surface area contributed by atoms with Crippen LogP contribution in [0.1, 0.15) is 47.0 Å². The number of carboxylic acids is 1. The molecule has 0 spiro atoms. The van der Waals surface area contributed by atoms with Crippen LogP contribution >= 0.6 is 0 Å². The maximum Gasteiger partial charge on any atom is 0.326 e. The largest absolute Gasteiger partial charge is 0.480 e. The highest BCUT2D eigenvalue weighted by Crippen LogP contribution is 2.02. The zero-order chi connectivity index (χ0) is 12.8. The van der Waals surface area contributed by atoms with Gasteiger partial charge in [-0.05, 0) is 27.2 Å². The molecule has 0 aromatic carbocycles. The normalized spacial score (nSPS) is 13.0. The molecule has 0 saturated carbocycles. The number of hydrogen-bond donors (Lipinski definition) is 3. The van der Waals surface area contributed by atoms with Gasteiger partial charge in [-0.25, -0.2) is 9.59 Å². The van der Waals surface area contributed by atoms with Gasteiger partial charge in [-0.15, -0.1) is 0 Å². The molecule has 0 bridgehead atoms. The molecule has 16 heavy (non-hydrogen) atoms. The highest BCUT2D eigenvalue weighted by molar-refractivity contribution is 5.82. The maximum absolute atomic E-state index is 11.5. The van der Waals surface area contributed by atoms with Crippen molar-refractivity contribution in [3.05, 3.63) is 0 Å². The Kier molecular flexibility index (Phi) is 5.85. The summed E-state index contributed by atoms with van der Waals surface area (Å²) >= 11 is 0. The predicted octanol–water partition coefficient (Wildman–Crippen LogP) is 1.73. The van der Waals surface area contributed by atoms with Crippen LogP contribution in [0.3, 0.4) is 0 Å². The topological polar surface area (TPSA) is 78.4 Å². The molecule has 1 atom stereocenters. The lowest BCUT2D eigenvalue weighted by atomic mass is 10.1. The molecule has 3 N–H and O–H groups in total. The highest BCUT2D eigenvalue weighted by atomic mass is 16.4. The molecule has 0 aliphatic heterocycles. The Morgan fingerprint density at radius 1 is 1.31 bits per heavy atom. The Balaban J connectivity index is 4.19. The highest BCUT2D eigenvalue weighted by Gasteiger charge is 2.21. The molecule has 94 valence electrons. The standard InChI is InChI=1S/C11H22N2O3/c1-5-6-7-8(9(14)15)12-10(16)13-11(2,3)4/h8H,5-7H2,1-4H3,(H,14,15)(H2,12,13,16)/t8-/m0/s1. The average Bonchev–Trinajstić information content (AvgIpc) is 2.08. The number of carboxylic acid groups (broad SMARTS) is 1. The number of carbonyl (C=O) groups is 2. The molecule has 2 amide bonds. The first-order valence-electron chi connectivity index (χ1n) is 5.57. The minimum absolute atomic E-state index is 0.363. The predicted molar refractivity (Wildman–Crippen MR) is 62.4 cm³/mol. The zero-order valence-electron chi connectivity index (χ0n) is 10.5. The van der Waals surface area contributed by atoms with E-state index in [0.29, 0.717) is 6.42 Å². The number of aliphatic carboxylic acids is 1. The average molecular weight is 230 g/mol. The summed E-state index contributed by atoms with van der Waals surface area (Å²) in [5.74, 6) is -0.988. The lowest BCUT2D eigenvalue weighted by Crippen LogP contribution is -2.51. The molecule has 0 fully saturated rings. The van der Waals surface area contributed by atoms with Gasteiger partial charge in [-0.2, -0.15) is 0 Å². The van der Waals surface area contributed by atoms with Gasteiger partial charge in [0.15, 0.2) is 0 Å². The Morgan fingerprint density at radius 2 is 1.88 bits per heavy atom. The van der Waals surface area contributed by atoms with E-state index in [1.165, 1.54) is 0 Å². The van der Waals surface area contributed by atoms with Crippen LogP contribution in [-0.4, -0.2) is 28.7 Å². The van der Waals surface area contributed by atoms with Gasteiger partial charge in [0.05, 0.1) is 0 Å². The van der Waals surface area contributed by atoms with Crippen molar-refractivity contribution in [3.8, 4) is 0 Å². The van der Waals surface area contributed by atoms with Crippen molar-refractivity contribution in [1.82, 2.24) is 10.6 Å². The van der Waals surface area contributed by atoms with E-state index in [-0.39, 0.29) is 5.54 Å². The summed E-state index contributed by atoms with van der Waals surface area (Å²) in [7, 11) is 0. The molecule has 0 heterocycles. The van der Waals surface area contributed by atoms with Crippen LogP contribution in [-0.2, 0) is 4.79 Å². The van der Waals surface area contributed by atoms with Crippen LogP contribution in [0.2, 0.25) is 0 Å². The summed E-state index contributed by atoms with van der Waals surface area (Å²) in [6.45, 7) is 7.51. The van der Waals surface area contributed by atoms with Crippen LogP contribution < -0.4 is 10.6 Å². The fourth-order valence-electron chi connectivity index (χ4n) is 1.20. The molecule has 0 aromatic rings. The van der Waals surface area contributed by atoms with Crippen molar-refractivity contribution in [3.63, 3.8) is 0 Å². The quantitative estimate of drug-likeness (QED) is 0.673. The molecule has 0 radical (unpaired) electrons. The summed E-state index contributed by atoms with van der Waals surface area (Å²) in [6, 6.07) is -1.24. The second kappa shape index (κ2) is 6.35. The Morgan fingerprint density at radius 3 is 2.25 bits per heavy atom. The number of carbonyl (C=O) groups excluding carboxylic acids is 1. The maximum atomic E-state index is 11.5. The molecular weight excluding hydrogens is 208 g/mol. The van der Waals surface area contributed by atoms with Crippen molar-refractivity contribution in [2.24, 2.45) is 0 Å². The monoisotopic (exact) mass is 230 g/mol. The molecule has 0 aromatic heterocycles. The Hall–Kier alpha value is -1.26. The molecule has 0 saturated heterocycles. The third-order valence-corrected chi connectivity index (χ3v) is 1.94. The van der Waals surface area contributed by atoms with Gasteiger partial charge in [-0.1, -0.05) is 19.8 Å². The van der Waals surface area contributed by atoms with E-state index >= 15 is 0 Å². The Labute approximate surface area is 96.6 Å². The molecular formula is C11H22N2O3. The third kappa shape index (κ3) is 7.09. The van der Waals surface area contributed by atoms with E-state index in [0.717, 1.165) is 12.8 Å². The number of urea groups is 1. The first-order valence-corrected chi connectivity index (χ1v) is 5.57. The first kappa shape index (κ1) is 14.7. The number of amides is 2. The summed E-state index contributed by atoms with van der Waals surface area (Å²) in [6.07, 6.45) is 2.16. The van der Waals surface area contributed by atoms with Crippen molar-refractivity contribution < 1.29 is 14.7 Å². The minimum atomic E-state index is -0.988. The zero-order valence-corrected chi connectivity index (χ0v) is 10.5. The van der Waals surface area contributed by atoms with Gasteiger partial charge < -0.3 is 15.7 Å². The second-order valence-electron chi connectivity index (χ2n) is 4.88. The molecule has 0 aliphatic carbocycles. The van der Waals surface area contributed by atoms with Crippen LogP contribution in [0, 0.1) is 0 Å². The van der Waals surface area contributed by atoms with Gasteiger partial charge in [0.1, 0.15) is 6.04 Å². The van der Waals surface area contributed by atoms with E-state index in [1.807, 2.05) is 27.7 Å². The van der Waals surface area contributed by atoms with E-state index in [1.54, 1.807) is 0 Å². The fraction of sp³-hybridized carbons (Fsp3) is 0.818. The fourth-order valence-corrected chi connectivity index (χ4v) is 1.20. The van der Waals surface area contributed by atoms with E-state index < -0.39 is 18.0 Å². The van der Waals surface area contributed by atoms with Gasteiger partial charge in [0.25, 0.3) is 0 Å². The lowest BCUT2D eigenvalue weighted by Gasteiger charge is -2.22. The SMILES string of the molecule is CCCC[C@H](NC(=O)NC(C)(C)C)C(=O)O. The molecule has 0 aliphatic rings. The van der Waals surface area contributed by atoms with Crippen LogP contribution in [0.4, 0.5) is 4.79 Å². The van der Waals surface area contributed by atoms with E-state index in [9.17, 15) is 9.59 Å². The Bertz CT molecular complexity index is 246. The summed E-state index contributed by atoms with van der Waals surface area (Å²) in [5, 5.41) is 14.0. The summed E-state index contributed by atoms with van der Waals surface area (Å²) in [5.41, 5.74) is -0.363. The van der Waals surface area contributed by atoms with Crippen molar-refractivity contribution in [2.75, 3.05) is 0 Å². The minimum Gasteiger partial charge on any atom is -0.480 e. The number of nitrogens with one attached hydrogen (secondary N) is 2. The third-order valence-electron chi connectivity index (χ3n) is 1.94. The van der Waals surface area contributed by atoms with Crippen LogP contribution in [0.25, 0.3) is 0 Å². The van der Waals surface area contributed by atoms with Gasteiger partial charge in [0.2, 0.25) is 0 Å². The summed E-state index contributed by atoms with van der Waals surface area (Å²) in [4.78, 5) is 22.3. The number of unbranched alkanes of at least 4 members (excludes halogenated alkanes) is 1. The van der Waals surface area contributed by atoms with Crippen molar-refractivity contribution in [1.29, 1.82) is 0 Å². The molecule has 0 rings (SSSR count). The smallest absolute Gasteiger partial charge is 0.326 e. The van der Waals surface area contributed by atoms with E-state index in [4.69, 9.17) is 5.11 Å². The number of rotatable bonds is 5. The van der Waals surface area contributed by atoms with E-state index in [2.05, 4.69) is 10.6 Å². The summed E-state index contributed by atoms with van der Waals surface area (Å²) < 4.78 is 0. The molecule has 5 heteroatoms. The molecule has 5 nitrogen and oxygen atoms in total. The van der Waals surface area contributed by atoms with Crippen molar-refractivity contribution in [2.45, 2.75) is 58.5 Å². The second-order valence-corrected chi connectivity index (χ2v) is 4.88.